The minimum absolute atomic E-state index is 0.0408. The Labute approximate surface area is 205 Å². The lowest BCUT2D eigenvalue weighted by atomic mass is 10.2. The minimum atomic E-state index is -3.90. The van der Waals surface area contributed by atoms with E-state index in [0.29, 0.717) is 6.54 Å². The lowest BCUT2D eigenvalue weighted by Gasteiger charge is -2.14. The average molecular weight is 499 g/mol. The largest absolute Gasteiger partial charge is 0.454 e. The van der Waals surface area contributed by atoms with Crippen LogP contribution in [0.25, 0.3) is 0 Å². The van der Waals surface area contributed by atoms with Crippen molar-refractivity contribution in [2.45, 2.75) is 51.7 Å². The minimum Gasteiger partial charge on any atom is -0.454 e. The maximum Gasteiger partial charge on any atom is 0.324 e. The van der Waals surface area contributed by atoms with E-state index in [1.54, 1.807) is 12.1 Å². The van der Waals surface area contributed by atoms with Crippen molar-refractivity contribution >= 4 is 21.9 Å². The number of rotatable bonds is 10. The Balaban J connectivity index is 1.49. The molecule has 1 atom stereocenters. The second-order valence-corrected chi connectivity index (χ2v) is 10.0. The number of nitrogens with zero attached hydrogens (tertiary/aromatic N) is 2. The van der Waals surface area contributed by atoms with Crippen LogP contribution in [0.3, 0.4) is 0 Å². The summed E-state index contributed by atoms with van der Waals surface area (Å²) < 4.78 is 34.0. The first-order valence-electron chi connectivity index (χ1n) is 11.2. The molecule has 0 radical (unpaired) electrons. The van der Waals surface area contributed by atoms with Crippen molar-refractivity contribution in [3.63, 3.8) is 0 Å². The summed E-state index contributed by atoms with van der Waals surface area (Å²) in [5.41, 5.74) is 4.65. The quantitative estimate of drug-likeness (QED) is 0.414. The summed E-state index contributed by atoms with van der Waals surface area (Å²) in [7, 11) is -3.90. The van der Waals surface area contributed by atoms with Crippen LogP contribution in [0.2, 0.25) is 0 Å². The fourth-order valence-electron chi connectivity index (χ4n) is 3.47. The van der Waals surface area contributed by atoms with Crippen LogP contribution in [-0.4, -0.2) is 42.7 Å². The fraction of sp³-hybridized carbons (Fsp3) is 0.320. The SMILES string of the molecule is Cc1ccc(S(=O)(=O)N[C@@H](C)C(=O)OCC(=O)NCc2c(C)nn(Cc3ccccc3)c2C)cc1. The predicted octanol–water partition coefficient (Wildman–Crippen LogP) is 2.38. The van der Waals surface area contributed by atoms with E-state index in [9.17, 15) is 18.0 Å². The molecule has 1 heterocycles. The van der Waals surface area contributed by atoms with E-state index in [1.807, 2.05) is 55.8 Å². The molecule has 0 bridgehead atoms. The van der Waals surface area contributed by atoms with E-state index in [0.717, 1.165) is 28.1 Å². The predicted molar refractivity (Wildman–Crippen MR) is 131 cm³/mol. The number of benzene rings is 2. The highest BCUT2D eigenvalue weighted by Crippen LogP contribution is 2.15. The van der Waals surface area contributed by atoms with E-state index in [-0.39, 0.29) is 11.4 Å². The Morgan fingerprint density at radius 3 is 2.34 bits per heavy atom. The van der Waals surface area contributed by atoms with Gasteiger partial charge in [0.15, 0.2) is 6.61 Å². The smallest absolute Gasteiger partial charge is 0.324 e. The lowest BCUT2D eigenvalue weighted by molar-refractivity contribution is -0.149. The second-order valence-electron chi connectivity index (χ2n) is 8.33. The van der Waals surface area contributed by atoms with Crippen molar-refractivity contribution in [2.24, 2.45) is 0 Å². The van der Waals surface area contributed by atoms with Gasteiger partial charge in [-0.1, -0.05) is 48.0 Å². The van der Waals surface area contributed by atoms with Crippen LogP contribution < -0.4 is 10.0 Å². The Morgan fingerprint density at radius 2 is 1.69 bits per heavy atom. The molecular weight excluding hydrogens is 468 g/mol. The van der Waals surface area contributed by atoms with Crippen LogP contribution >= 0.6 is 0 Å². The lowest BCUT2D eigenvalue weighted by Crippen LogP contribution is -2.40. The van der Waals surface area contributed by atoms with Gasteiger partial charge >= 0.3 is 5.97 Å². The molecule has 35 heavy (non-hydrogen) atoms. The molecule has 0 unspecified atom stereocenters. The van der Waals surface area contributed by atoms with Crippen LogP contribution in [0, 0.1) is 20.8 Å². The van der Waals surface area contributed by atoms with Gasteiger partial charge in [0.1, 0.15) is 6.04 Å². The highest BCUT2D eigenvalue weighted by atomic mass is 32.2. The zero-order valence-corrected chi connectivity index (χ0v) is 21.1. The number of carbonyl (C=O) groups excluding carboxylic acids is 2. The molecule has 0 saturated carbocycles. The normalized spacial score (nSPS) is 12.2. The molecule has 2 N–H and O–H groups in total. The van der Waals surface area contributed by atoms with Crippen molar-refractivity contribution in [1.82, 2.24) is 19.8 Å². The van der Waals surface area contributed by atoms with Crippen molar-refractivity contribution < 1.29 is 22.7 Å². The average Bonchev–Trinajstić information content (AvgIpc) is 3.08. The van der Waals surface area contributed by atoms with E-state index in [4.69, 9.17) is 4.74 Å². The summed E-state index contributed by atoms with van der Waals surface area (Å²) in [4.78, 5) is 24.5. The molecule has 3 rings (SSSR count). The van der Waals surface area contributed by atoms with Crippen molar-refractivity contribution in [3.05, 3.63) is 82.7 Å². The van der Waals surface area contributed by atoms with Gasteiger partial charge in [0.2, 0.25) is 10.0 Å². The zero-order valence-electron chi connectivity index (χ0n) is 20.2. The number of carbonyl (C=O) groups is 2. The van der Waals surface area contributed by atoms with Crippen molar-refractivity contribution in [3.8, 4) is 0 Å². The number of hydrogen-bond acceptors (Lipinski definition) is 6. The fourth-order valence-corrected chi connectivity index (χ4v) is 4.66. The van der Waals surface area contributed by atoms with E-state index >= 15 is 0 Å². The number of nitrogens with one attached hydrogen (secondary N) is 2. The Hall–Kier alpha value is -3.50. The van der Waals surface area contributed by atoms with Crippen molar-refractivity contribution in [2.75, 3.05) is 6.61 Å². The summed E-state index contributed by atoms with van der Waals surface area (Å²) in [6, 6.07) is 15.0. The molecule has 186 valence electrons. The molecule has 9 nitrogen and oxygen atoms in total. The van der Waals surface area contributed by atoms with Gasteiger partial charge in [0.25, 0.3) is 5.91 Å². The topological polar surface area (TPSA) is 119 Å². The van der Waals surface area contributed by atoms with Gasteiger partial charge in [0.05, 0.1) is 17.1 Å². The Kier molecular flexibility index (Phi) is 8.42. The van der Waals surface area contributed by atoms with Gasteiger partial charge < -0.3 is 10.1 Å². The number of esters is 1. The number of ether oxygens (including phenoxy) is 1. The van der Waals surface area contributed by atoms with Gasteiger partial charge in [-0.3, -0.25) is 14.3 Å². The summed E-state index contributed by atoms with van der Waals surface area (Å²) in [5, 5.41) is 7.28. The third kappa shape index (κ3) is 7.00. The zero-order chi connectivity index (χ0) is 25.6. The summed E-state index contributed by atoms with van der Waals surface area (Å²) >= 11 is 0. The molecule has 0 aliphatic carbocycles. The van der Waals surface area contributed by atoms with Gasteiger partial charge in [-0.15, -0.1) is 0 Å². The summed E-state index contributed by atoms with van der Waals surface area (Å²) in [6.45, 7) is 7.35. The molecule has 0 aliphatic rings. The molecular formula is C25H30N4O5S. The van der Waals surface area contributed by atoms with Crippen LogP contribution in [0.15, 0.2) is 59.5 Å². The molecule has 0 aliphatic heterocycles. The molecule has 3 aromatic rings. The molecule has 0 spiro atoms. The number of sulfonamides is 1. The molecule has 2 aromatic carbocycles. The second kappa shape index (κ2) is 11.3. The van der Waals surface area contributed by atoms with Gasteiger partial charge in [-0.25, -0.2) is 8.42 Å². The van der Waals surface area contributed by atoms with Crippen LogP contribution in [-0.2, 0) is 37.4 Å². The third-order valence-corrected chi connectivity index (χ3v) is 7.09. The van der Waals surface area contributed by atoms with Crippen LogP contribution in [0.5, 0.6) is 0 Å². The van der Waals surface area contributed by atoms with E-state index < -0.39 is 34.5 Å². The van der Waals surface area contributed by atoms with Gasteiger partial charge in [-0.05, 0) is 45.4 Å². The van der Waals surface area contributed by atoms with Crippen LogP contribution in [0.1, 0.15) is 35.0 Å². The van der Waals surface area contributed by atoms with E-state index in [1.165, 1.54) is 19.1 Å². The monoisotopic (exact) mass is 498 g/mol. The third-order valence-electron chi connectivity index (χ3n) is 5.53. The molecule has 0 fully saturated rings. The standard InChI is InChI=1S/C25H30N4O5S/c1-17-10-12-22(13-11-17)35(32,33)28-19(3)25(31)34-16-24(30)26-14-23-18(2)27-29(20(23)4)15-21-8-6-5-7-9-21/h5-13,19,28H,14-16H2,1-4H3,(H,26,30)/t19-/m0/s1. The highest BCUT2D eigenvalue weighted by Gasteiger charge is 2.24. The van der Waals surface area contributed by atoms with Gasteiger partial charge in [0, 0.05) is 17.8 Å². The van der Waals surface area contributed by atoms with Gasteiger partial charge in [-0.2, -0.15) is 9.82 Å². The number of amides is 1. The molecule has 1 amide bonds. The van der Waals surface area contributed by atoms with E-state index in [2.05, 4.69) is 15.1 Å². The Bertz CT molecular complexity index is 1290. The van der Waals surface area contributed by atoms with Crippen LogP contribution in [0.4, 0.5) is 0 Å². The van der Waals surface area contributed by atoms with Crippen molar-refractivity contribution in [1.29, 1.82) is 0 Å². The summed E-state index contributed by atoms with van der Waals surface area (Å²) in [5.74, 6) is -1.35. The number of hydrogen-bond donors (Lipinski definition) is 2. The maximum absolute atomic E-state index is 12.4. The molecule has 10 heteroatoms. The highest BCUT2D eigenvalue weighted by molar-refractivity contribution is 7.89. The number of aryl methyl sites for hydroxylation is 2. The first kappa shape index (κ1) is 26.1. The molecule has 0 saturated heterocycles. The molecule has 1 aromatic heterocycles. The Morgan fingerprint density at radius 1 is 1.03 bits per heavy atom. The summed E-state index contributed by atoms with van der Waals surface area (Å²) in [6.07, 6.45) is 0. The first-order chi connectivity index (χ1) is 16.6. The number of aromatic nitrogens is 2. The first-order valence-corrected chi connectivity index (χ1v) is 12.6. The maximum atomic E-state index is 12.4.